The van der Waals surface area contributed by atoms with Crippen molar-refractivity contribution in [3.05, 3.63) is 35.8 Å². The van der Waals surface area contributed by atoms with Crippen molar-refractivity contribution in [1.29, 1.82) is 0 Å². The number of nitrogens with one attached hydrogen (secondary N) is 2. The van der Waals surface area contributed by atoms with E-state index in [0.29, 0.717) is 17.4 Å². The topological polar surface area (TPSA) is 91.4 Å². The van der Waals surface area contributed by atoms with Crippen LogP contribution in [-0.4, -0.2) is 37.9 Å². The molecule has 7 nitrogen and oxygen atoms in total. The predicted octanol–water partition coefficient (Wildman–Crippen LogP) is 2.79. The molecule has 1 aliphatic heterocycles. The van der Waals surface area contributed by atoms with Crippen molar-refractivity contribution in [2.24, 2.45) is 0 Å². The summed E-state index contributed by atoms with van der Waals surface area (Å²) in [5, 5.41) is 5.27. The molecule has 1 fully saturated rings. The third-order valence-corrected chi connectivity index (χ3v) is 6.03. The lowest BCUT2D eigenvalue weighted by molar-refractivity contribution is -0.118. The molecule has 2 heterocycles. The minimum atomic E-state index is -3.68. The smallest absolute Gasteiger partial charge is 0.263 e. The number of carbonyl (C=O) groups excluding carboxylic acids is 1. The maximum absolute atomic E-state index is 12.5. The number of nitrogens with zero attached hydrogens (tertiary/aromatic N) is 2. The van der Waals surface area contributed by atoms with E-state index < -0.39 is 10.0 Å². The van der Waals surface area contributed by atoms with Gasteiger partial charge in [0.2, 0.25) is 5.91 Å². The van der Waals surface area contributed by atoms with Crippen LogP contribution in [0.15, 0.2) is 40.7 Å². The van der Waals surface area contributed by atoms with Gasteiger partial charge >= 0.3 is 0 Å². The molecule has 0 spiro atoms. The molecule has 140 valence electrons. The summed E-state index contributed by atoms with van der Waals surface area (Å²) in [5.41, 5.74) is 0.700. The number of carbonyl (C=O) groups is 1. The zero-order chi connectivity index (χ0) is 18.0. The van der Waals surface area contributed by atoms with E-state index in [9.17, 15) is 13.2 Å². The largest absolute Gasteiger partial charge is 0.311 e. The number of sulfonamides is 1. The third kappa shape index (κ3) is 4.00. The van der Waals surface area contributed by atoms with Crippen LogP contribution in [0, 0.1) is 0 Å². The van der Waals surface area contributed by atoms with Crippen molar-refractivity contribution < 1.29 is 17.5 Å². The standard InChI is InChI=1S/C16H20N4O3S2.3H2/c1-11(2)18-14-7-9-20(15(14)21)12-3-5-13(6-4-12)25(22,23)19-16-17-8-10-24-16;;;/h3-6,8,10-11,14,18H,7,9H2,1-2H3,(H,17,19);3*1H/t14-;;;/m0.../s1. The molecule has 2 N–H and O–H groups in total. The predicted molar refractivity (Wildman–Crippen MR) is 105 cm³/mol. The minimum Gasteiger partial charge on any atom is -0.311 e. The van der Waals surface area contributed by atoms with Crippen LogP contribution in [0.2, 0.25) is 0 Å². The van der Waals surface area contributed by atoms with Gasteiger partial charge in [-0.15, -0.1) is 11.3 Å². The number of aromatic nitrogens is 1. The summed E-state index contributed by atoms with van der Waals surface area (Å²) >= 11 is 1.21. The monoisotopic (exact) mass is 386 g/mol. The van der Waals surface area contributed by atoms with Crippen LogP contribution in [0.1, 0.15) is 24.5 Å². The summed E-state index contributed by atoms with van der Waals surface area (Å²) in [6.07, 6.45) is 2.27. The normalized spacial score (nSPS) is 18.1. The zero-order valence-corrected chi connectivity index (χ0v) is 15.6. The van der Waals surface area contributed by atoms with E-state index in [2.05, 4.69) is 15.0 Å². The summed E-state index contributed by atoms with van der Waals surface area (Å²) < 4.78 is 27.1. The van der Waals surface area contributed by atoms with E-state index in [-0.39, 0.29) is 27.2 Å². The van der Waals surface area contributed by atoms with Crippen LogP contribution in [0.3, 0.4) is 0 Å². The first-order chi connectivity index (χ1) is 11.9. The van der Waals surface area contributed by atoms with E-state index >= 15 is 0 Å². The van der Waals surface area contributed by atoms with Crippen molar-refractivity contribution in [3.8, 4) is 0 Å². The van der Waals surface area contributed by atoms with E-state index in [0.717, 1.165) is 6.42 Å². The van der Waals surface area contributed by atoms with Gasteiger partial charge in [-0.2, -0.15) is 0 Å². The Bertz CT molecular complexity index is 847. The molecule has 25 heavy (non-hydrogen) atoms. The average Bonchev–Trinajstić information content (AvgIpc) is 3.18. The number of hydrogen-bond acceptors (Lipinski definition) is 6. The molecular formula is C16H26N4O3S2. The zero-order valence-electron chi connectivity index (χ0n) is 14.0. The summed E-state index contributed by atoms with van der Waals surface area (Å²) in [6, 6.07) is 6.37. The van der Waals surface area contributed by atoms with Gasteiger partial charge in [-0.1, -0.05) is 13.8 Å². The Morgan fingerprint density at radius 1 is 1.32 bits per heavy atom. The highest BCUT2D eigenvalue weighted by Gasteiger charge is 2.32. The first kappa shape index (κ1) is 17.8. The molecule has 1 aromatic carbocycles. The molecule has 0 bridgehead atoms. The van der Waals surface area contributed by atoms with Gasteiger partial charge in [-0.25, -0.2) is 13.4 Å². The summed E-state index contributed by atoms with van der Waals surface area (Å²) in [7, 11) is -3.68. The first-order valence-electron chi connectivity index (χ1n) is 7.96. The maximum atomic E-state index is 12.5. The van der Waals surface area contributed by atoms with Crippen LogP contribution in [-0.2, 0) is 14.8 Å². The summed E-state index contributed by atoms with van der Waals surface area (Å²) in [4.78, 5) is 18.2. The van der Waals surface area contributed by atoms with Gasteiger partial charge in [0.15, 0.2) is 5.13 Å². The average molecular weight is 387 g/mol. The first-order valence-corrected chi connectivity index (χ1v) is 10.3. The van der Waals surface area contributed by atoms with Crippen molar-refractivity contribution >= 4 is 38.1 Å². The van der Waals surface area contributed by atoms with E-state index in [1.54, 1.807) is 22.4 Å². The van der Waals surface area contributed by atoms with Gasteiger partial charge in [0.1, 0.15) is 0 Å². The molecule has 2 aromatic rings. The minimum absolute atomic E-state index is 0. The lowest BCUT2D eigenvalue weighted by atomic mass is 10.2. The molecule has 0 unspecified atom stereocenters. The number of amides is 1. The van der Waals surface area contributed by atoms with Crippen LogP contribution in [0.5, 0.6) is 0 Å². The van der Waals surface area contributed by atoms with E-state index in [1.165, 1.54) is 29.7 Å². The van der Waals surface area contributed by atoms with Gasteiger partial charge in [0.05, 0.1) is 10.9 Å². The number of rotatable bonds is 6. The lowest BCUT2D eigenvalue weighted by Crippen LogP contribution is -2.41. The molecule has 3 rings (SSSR count). The van der Waals surface area contributed by atoms with E-state index in [1.807, 2.05) is 13.8 Å². The summed E-state index contributed by atoms with van der Waals surface area (Å²) in [5.74, 6) is 0.0187. The number of benzene rings is 1. The molecule has 9 heteroatoms. The van der Waals surface area contributed by atoms with Crippen LogP contribution < -0.4 is 14.9 Å². The fourth-order valence-electron chi connectivity index (χ4n) is 2.75. The third-order valence-electron chi connectivity index (χ3n) is 3.85. The molecule has 1 saturated heterocycles. The van der Waals surface area contributed by atoms with Crippen molar-refractivity contribution in [2.75, 3.05) is 16.2 Å². The fourth-order valence-corrected chi connectivity index (χ4v) is 4.53. The Hall–Kier alpha value is -1.97. The van der Waals surface area contributed by atoms with Crippen LogP contribution >= 0.6 is 11.3 Å². The Labute approximate surface area is 155 Å². The lowest BCUT2D eigenvalue weighted by Gasteiger charge is -2.18. The van der Waals surface area contributed by atoms with Gasteiger partial charge in [0, 0.05) is 34.1 Å². The maximum Gasteiger partial charge on any atom is 0.263 e. The molecule has 1 atom stereocenters. The van der Waals surface area contributed by atoms with E-state index in [4.69, 9.17) is 0 Å². The SMILES string of the molecule is CC(C)N[C@H]1CCN(c2ccc(S(=O)(=O)Nc3nccs3)cc2)C1=O.[HH].[HH].[HH]. The molecule has 1 amide bonds. The van der Waals surface area contributed by atoms with Gasteiger partial charge < -0.3 is 10.2 Å². The van der Waals surface area contributed by atoms with Crippen LogP contribution in [0.25, 0.3) is 0 Å². The second kappa shape index (κ2) is 7.11. The fraction of sp³-hybridized carbons (Fsp3) is 0.375. The molecule has 1 aliphatic rings. The highest BCUT2D eigenvalue weighted by Crippen LogP contribution is 2.25. The molecule has 0 saturated carbocycles. The van der Waals surface area contributed by atoms with Crippen molar-refractivity contribution in [1.82, 2.24) is 10.3 Å². The summed E-state index contributed by atoms with van der Waals surface area (Å²) in [6.45, 7) is 4.63. The molecule has 0 radical (unpaired) electrons. The number of thiazole rings is 1. The quantitative estimate of drug-likeness (QED) is 0.796. The Kier molecular flexibility index (Phi) is 5.07. The molecule has 0 aliphatic carbocycles. The van der Waals surface area contributed by atoms with Gasteiger partial charge in [-0.05, 0) is 30.7 Å². The van der Waals surface area contributed by atoms with Gasteiger partial charge in [0.25, 0.3) is 10.0 Å². The molecular weight excluding hydrogens is 360 g/mol. The molecule has 1 aromatic heterocycles. The van der Waals surface area contributed by atoms with Crippen molar-refractivity contribution in [2.45, 2.75) is 37.2 Å². The Morgan fingerprint density at radius 3 is 2.64 bits per heavy atom. The number of anilines is 2. The second-order valence-corrected chi connectivity index (χ2v) is 8.67. The van der Waals surface area contributed by atoms with Crippen LogP contribution in [0.4, 0.5) is 10.8 Å². The van der Waals surface area contributed by atoms with Gasteiger partial charge in [-0.3, -0.25) is 9.52 Å². The second-order valence-electron chi connectivity index (χ2n) is 6.09. The Morgan fingerprint density at radius 2 is 2.04 bits per heavy atom. The highest BCUT2D eigenvalue weighted by molar-refractivity contribution is 7.93. The number of hydrogen-bond donors (Lipinski definition) is 2. The highest BCUT2D eigenvalue weighted by atomic mass is 32.2. The van der Waals surface area contributed by atoms with Crippen molar-refractivity contribution in [3.63, 3.8) is 0 Å². The Balaban J connectivity index is 0.00000243.